The molecule has 4 nitrogen and oxygen atoms in total. The lowest BCUT2D eigenvalue weighted by molar-refractivity contribution is -0.530. The SMILES string of the molecule is O=[N+]([O-])C(CCCO)c1ccccc1. The second-order valence-corrected chi connectivity index (χ2v) is 3.08. The summed E-state index contributed by atoms with van der Waals surface area (Å²) >= 11 is 0. The van der Waals surface area contributed by atoms with Crippen LogP contribution >= 0.6 is 0 Å². The van der Waals surface area contributed by atoms with Gasteiger partial charge in [0.05, 0.1) is 0 Å². The molecule has 0 saturated carbocycles. The average Bonchev–Trinajstić information content (AvgIpc) is 2.19. The van der Waals surface area contributed by atoms with Crippen LogP contribution in [-0.2, 0) is 0 Å². The highest BCUT2D eigenvalue weighted by atomic mass is 16.6. The van der Waals surface area contributed by atoms with E-state index < -0.39 is 6.04 Å². The first kappa shape index (κ1) is 10.7. The molecule has 0 fully saturated rings. The zero-order chi connectivity index (χ0) is 10.4. The normalized spacial score (nSPS) is 12.4. The summed E-state index contributed by atoms with van der Waals surface area (Å²) in [6.07, 6.45) is 0.841. The van der Waals surface area contributed by atoms with Crippen LogP contribution in [0.2, 0.25) is 0 Å². The van der Waals surface area contributed by atoms with Crippen molar-refractivity contribution in [2.75, 3.05) is 6.61 Å². The monoisotopic (exact) mass is 195 g/mol. The van der Waals surface area contributed by atoms with Gasteiger partial charge in [-0.1, -0.05) is 30.3 Å². The van der Waals surface area contributed by atoms with Crippen molar-refractivity contribution >= 4 is 0 Å². The quantitative estimate of drug-likeness (QED) is 0.575. The minimum Gasteiger partial charge on any atom is -0.396 e. The molecule has 0 aliphatic carbocycles. The van der Waals surface area contributed by atoms with E-state index in [0.717, 1.165) is 0 Å². The van der Waals surface area contributed by atoms with Gasteiger partial charge in [-0.05, 0) is 6.42 Å². The number of benzene rings is 1. The maximum absolute atomic E-state index is 10.7. The highest BCUT2D eigenvalue weighted by Crippen LogP contribution is 2.21. The lowest BCUT2D eigenvalue weighted by Gasteiger charge is -2.08. The highest BCUT2D eigenvalue weighted by molar-refractivity contribution is 5.17. The predicted octanol–water partition coefficient (Wildman–Crippen LogP) is 1.78. The molecule has 14 heavy (non-hydrogen) atoms. The van der Waals surface area contributed by atoms with E-state index in [1.807, 2.05) is 6.07 Å². The van der Waals surface area contributed by atoms with Crippen LogP contribution in [0.1, 0.15) is 24.4 Å². The molecule has 0 heterocycles. The van der Waals surface area contributed by atoms with Crippen LogP contribution in [0.3, 0.4) is 0 Å². The van der Waals surface area contributed by atoms with Gasteiger partial charge in [-0.25, -0.2) is 0 Å². The fourth-order valence-corrected chi connectivity index (χ4v) is 1.35. The minimum atomic E-state index is -0.691. The number of nitrogens with zero attached hydrogens (tertiary/aromatic N) is 1. The van der Waals surface area contributed by atoms with Crippen LogP contribution < -0.4 is 0 Å². The van der Waals surface area contributed by atoms with E-state index in [1.54, 1.807) is 24.3 Å². The topological polar surface area (TPSA) is 63.4 Å². The molecule has 1 rings (SSSR count). The van der Waals surface area contributed by atoms with Crippen molar-refractivity contribution in [3.63, 3.8) is 0 Å². The molecule has 1 unspecified atom stereocenters. The Hall–Kier alpha value is -1.42. The second-order valence-electron chi connectivity index (χ2n) is 3.08. The first-order chi connectivity index (χ1) is 6.75. The molecule has 0 aliphatic heterocycles. The van der Waals surface area contributed by atoms with Gasteiger partial charge in [-0.2, -0.15) is 0 Å². The fraction of sp³-hybridized carbons (Fsp3) is 0.400. The van der Waals surface area contributed by atoms with Crippen LogP contribution in [0, 0.1) is 10.1 Å². The van der Waals surface area contributed by atoms with E-state index in [0.29, 0.717) is 18.4 Å². The molecule has 0 aromatic heterocycles. The van der Waals surface area contributed by atoms with E-state index in [4.69, 9.17) is 5.11 Å². The van der Waals surface area contributed by atoms with E-state index >= 15 is 0 Å². The van der Waals surface area contributed by atoms with Crippen LogP contribution in [0.15, 0.2) is 30.3 Å². The first-order valence-corrected chi connectivity index (χ1v) is 4.55. The lowest BCUT2D eigenvalue weighted by atomic mass is 10.0. The van der Waals surface area contributed by atoms with E-state index in [-0.39, 0.29) is 11.5 Å². The smallest absolute Gasteiger partial charge is 0.238 e. The third kappa shape index (κ3) is 2.81. The van der Waals surface area contributed by atoms with Gasteiger partial charge >= 0.3 is 0 Å². The molecule has 1 aromatic rings. The molecule has 0 spiro atoms. The van der Waals surface area contributed by atoms with Crippen molar-refractivity contribution in [1.82, 2.24) is 0 Å². The molecule has 76 valence electrons. The second kappa shape index (κ2) is 5.34. The zero-order valence-electron chi connectivity index (χ0n) is 7.80. The van der Waals surface area contributed by atoms with Crippen molar-refractivity contribution < 1.29 is 10.0 Å². The van der Waals surface area contributed by atoms with Gasteiger partial charge in [0.25, 0.3) is 0 Å². The van der Waals surface area contributed by atoms with Crippen LogP contribution in [-0.4, -0.2) is 16.6 Å². The molecule has 1 atom stereocenters. The third-order valence-electron chi connectivity index (χ3n) is 2.07. The molecule has 0 saturated heterocycles. The summed E-state index contributed by atoms with van der Waals surface area (Å²) in [5.74, 6) is 0. The number of aliphatic hydroxyl groups excluding tert-OH is 1. The minimum absolute atomic E-state index is 0.00280. The Balaban J connectivity index is 2.73. The van der Waals surface area contributed by atoms with Gasteiger partial charge in [0.1, 0.15) is 0 Å². The molecule has 0 bridgehead atoms. The maximum atomic E-state index is 10.7. The first-order valence-electron chi connectivity index (χ1n) is 4.55. The van der Waals surface area contributed by atoms with Gasteiger partial charge in [0.2, 0.25) is 6.04 Å². The summed E-state index contributed by atoms with van der Waals surface area (Å²) in [5, 5.41) is 19.4. The number of aliphatic hydroxyl groups is 1. The molecule has 1 aromatic carbocycles. The Bertz CT molecular complexity index is 287. The Morgan fingerprint density at radius 1 is 1.36 bits per heavy atom. The molecule has 0 amide bonds. The summed E-state index contributed by atoms with van der Waals surface area (Å²) < 4.78 is 0. The predicted molar refractivity (Wildman–Crippen MR) is 52.5 cm³/mol. The Labute approximate surface area is 82.3 Å². The zero-order valence-corrected chi connectivity index (χ0v) is 7.80. The summed E-state index contributed by atoms with van der Waals surface area (Å²) in [7, 11) is 0. The van der Waals surface area contributed by atoms with Gasteiger partial charge in [0, 0.05) is 23.5 Å². The third-order valence-corrected chi connectivity index (χ3v) is 2.07. The van der Waals surface area contributed by atoms with Crippen molar-refractivity contribution in [3.05, 3.63) is 46.0 Å². The fourth-order valence-electron chi connectivity index (χ4n) is 1.35. The summed E-state index contributed by atoms with van der Waals surface area (Å²) in [4.78, 5) is 10.4. The molecule has 1 N–H and O–H groups in total. The van der Waals surface area contributed by atoms with Crippen molar-refractivity contribution in [1.29, 1.82) is 0 Å². The van der Waals surface area contributed by atoms with Gasteiger partial charge in [-0.15, -0.1) is 0 Å². The number of hydrogen-bond acceptors (Lipinski definition) is 3. The molecular formula is C10H13NO3. The number of hydrogen-bond donors (Lipinski definition) is 1. The van der Waals surface area contributed by atoms with E-state index in [1.165, 1.54) is 0 Å². The summed E-state index contributed by atoms with van der Waals surface area (Å²) in [6, 6.07) is 8.18. The highest BCUT2D eigenvalue weighted by Gasteiger charge is 2.21. The van der Waals surface area contributed by atoms with Crippen LogP contribution in [0.25, 0.3) is 0 Å². The van der Waals surface area contributed by atoms with Crippen molar-refractivity contribution in [3.8, 4) is 0 Å². The standard InChI is InChI=1S/C10H13NO3/c12-8-4-7-10(11(13)14)9-5-2-1-3-6-9/h1-3,5-6,10,12H,4,7-8H2. The average molecular weight is 195 g/mol. The summed E-state index contributed by atoms with van der Waals surface area (Å²) in [5.41, 5.74) is 0.700. The van der Waals surface area contributed by atoms with Gasteiger partial charge < -0.3 is 5.11 Å². The largest absolute Gasteiger partial charge is 0.396 e. The molecule has 0 aliphatic rings. The lowest BCUT2D eigenvalue weighted by Crippen LogP contribution is -2.10. The van der Waals surface area contributed by atoms with Gasteiger partial charge in [0.15, 0.2) is 0 Å². The molecule has 4 heteroatoms. The van der Waals surface area contributed by atoms with Crippen molar-refractivity contribution in [2.24, 2.45) is 0 Å². The Morgan fingerprint density at radius 3 is 2.50 bits per heavy atom. The molecular weight excluding hydrogens is 182 g/mol. The Kier molecular flexibility index (Phi) is 4.07. The van der Waals surface area contributed by atoms with E-state index in [9.17, 15) is 10.1 Å². The van der Waals surface area contributed by atoms with E-state index in [2.05, 4.69) is 0 Å². The number of nitro groups is 1. The van der Waals surface area contributed by atoms with Crippen LogP contribution in [0.4, 0.5) is 0 Å². The van der Waals surface area contributed by atoms with Crippen LogP contribution in [0.5, 0.6) is 0 Å². The summed E-state index contributed by atoms with van der Waals surface area (Å²) in [6.45, 7) is -0.00280. The van der Waals surface area contributed by atoms with Gasteiger partial charge in [-0.3, -0.25) is 10.1 Å². The Morgan fingerprint density at radius 2 is 2.00 bits per heavy atom. The number of rotatable bonds is 5. The van der Waals surface area contributed by atoms with Crippen molar-refractivity contribution in [2.45, 2.75) is 18.9 Å². The maximum Gasteiger partial charge on any atom is 0.238 e. The molecule has 0 radical (unpaired) electrons.